The summed E-state index contributed by atoms with van der Waals surface area (Å²) >= 11 is 0. The Kier molecular flexibility index (Phi) is 5.18. The molecule has 2 rings (SSSR count). The standard InChI is InChI=1S/C15H24N4O3/c1-10-14(11(2)18(3)17-10)16-13(20)9-19-7-5-12(6-8-19)15(21)22-4/h12H,5-9H2,1-4H3,(H,16,20). The highest BCUT2D eigenvalue weighted by Gasteiger charge is 2.26. The van der Waals surface area contributed by atoms with Crippen LogP contribution in [0.4, 0.5) is 5.69 Å². The molecule has 0 unspecified atom stereocenters. The van der Waals surface area contributed by atoms with E-state index >= 15 is 0 Å². The summed E-state index contributed by atoms with van der Waals surface area (Å²) in [7, 11) is 3.27. The molecular weight excluding hydrogens is 284 g/mol. The van der Waals surface area contributed by atoms with Gasteiger partial charge in [-0.3, -0.25) is 19.2 Å². The summed E-state index contributed by atoms with van der Waals surface area (Å²) in [6, 6.07) is 0. The lowest BCUT2D eigenvalue weighted by Crippen LogP contribution is -2.41. The number of hydrogen-bond donors (Lipinski definition) is 1. The van der Waals surface area contributed by atoms with Crippen LogP contribution in [-0.4, -0.2) is 53.3 Å². The van der Waals surface area contributed by atoms with Crippen molar-refractivity contribution in [2.24, 2.45) is 13.0 Å². The number of esters is 1. The van der Waals surface area contributed by atoms with Crippen LogP contribution in [0.5, 0.6) is 0 Å². The smallest absolute Gasteiger partial charge is 0.308 e. The normalized spacial score (nSPS) is 16.5. The largest absolute Gasteiger partial charge is 0.469 e. The molecule has 0 spiro atoms. The molecule has 1 saturated heterocycles. The molecule has 0 aliphatic carbocycles. The molecule has 1 amide bonds. The number of carbonyl (C=O) groups is 2. The Morgan fingerprint density at radius 1 is 1.32 bits per heavy atom. The molecule has 122 valence electrons. The number of methoxy groups -OCH3 is 1. The van der Waals surface area contributed by atoms with E-state index < -0.39 is 0 Å². The van der Waals surface area contributed by atoms with Gasteiger partial charge in [0.2, 0.25) is 5.91 Å². The third-order valence-electron chi connectivity index (χ3n) is 4.26. The summed E-state index contributed by atoms with van der Waals surface area (Å²) < 4.78 is 6.52. The fraction of sp³-hybridized carbons (Fsp3) is 0.667. The predicted octanol–water partition coefficient (Wildman–Crippen LogP) is 0.860. The number of piperidine rings is 1. The summed E-state index contributed by atoms with van der Waals surface area (Å²) in [5, 5.41) is 7.22. The van der Waals surface area contributed by atoms with Crippen LogP contribution in [0.1, 0.15) is 24.2 Å². The summed E-state index contributed by atoms with van der Waals surface area (Å²) in [6.07, 6.45) is 1.48. The van der Waals surface area contributed by atoms with E-state index in [1.165, 1.54) is 7.11 Å². The van der Waals surface area contributed by atoms with Crippen molar-refractivity contribution in [2.75, 3.05) is 32.1 Å². The number of hydrogen-bond acceptors (Lipinski definition) is 5. The Morgan fingerprint density at radius 2 is 1.95 bits per heavy atom. The van der Waals surface area contributed by atoms with Gasteiger partial charge in [0.15, 0.2) is 0 Å². The minimum Gasteiger partial charge on any atom is -0.469 e. The van der Waals surface area contributed by atoms with Crippen LogP contribution in [0, 0.1) is 19.8 Å². The van der Waals surface area contributed by atoms with E-state index in [0.29, 0.717) is 6.54 Å². The fourth-order valence-electron chi connectivity index (χ4n) is 2.83. The minimum absolute atomic E-state index is 0.0351. The molecule has 7 heteroatoms. The number of nitrogens with zero attached hydrogens (tertiary/aromatic N) is 3. The number of anilines is 1. The van der Waals surface area contributed by atoms with Gasteiger partial charge >= 0.3 is 5.97 Å². The van der Waals surface area contributed by atoms with Crippen LogP contribution in [0.25, 0.3) is 0 Å². The summed E-state index contributed by atoms with van der Waals surface area (Å²) in [5.74, 6) is -0.228. The molecular formula is C15H24N4O3. The number of aryl methyl sites for hydroxylation is 2. The quantitative estimate of drug-likeness (QED) is 0.835. The highest BCUT2D eigenvalue weighted by Crippen LogP contribution is 2.20. The van der Waals surface area contributed by atoms with Crippen molar-refractivity contribution in [2.45, 2.75) is 26.7 Å². The lowest BCUT2D eigenvalue weighted by molar-refractivity contribution is -0.147. The summed E-state index contributed by atoms with van der Waals surface area (Å²) in [6.45, 7) is 5.61. The van der Waals surface area contributed by atoms with Crippen LogP contribution in [0.15, 0.2) is 0 Å². The molecule has 1 fully saturated rings. The lowest BCUT2D eigenvalue weighted by atomic mass is 9.97. The van der Waals surface area contributed by atoms with Crippen LogP contribution >= 0.6 is 0 Å². The minimum atomic E-state index is -0.147. The number of nitrogens with one attached hydrogen (secondary N) is 1. The summed E-state index contributed by atoms with van der Waals surface area (Å²) in [5.41, 5.74) is 2.55. The van der Waals surface area contributed by atoms with Gasteiger partial charge in [0.25, 0.3) is 0 Å². The van der Waals surface area contributed by atoms with Crippen molar-refractivity contribution < 1.29 is 14.3 Å². The molecule has 22 heavy (non-hydrogen) atoms. The van der Waals surface area contributed by atoms with E-state index in [2.05, 4.69) is 15.3 Å². The van der Waals surface area contributed by atoms with Crippen molar-refractivity contribution in [3.05, 3.63) is 11.4 Å². The van der Waals surface area contributed by atoms with Crippen molar-refractivity contribution >= 4 is 17.6 Å². The van der Waals surface area contributed by atoms with Crippen LogP contribution in [-0.2, 0) is 21.4 Å². The number of ether oxygens (including phenoxy) is 1. The second kappa shape index (κ2) is 6.91. The topological polar surface area (TPSA) is 76.5 Å². The third-order valence-corrected chi connectivity index (χ3v) is 4.26. The molecule has 1 aliphatic rings. The molecule has 1 aromatic heterocycles. The molecule has 1 aromatic rings. The van der Waals surface area contributed by atoms with Crippen molar-refractivity contribution in [3.63, 3.8) is 0 Å². The van der Waals surface area contributed by atoms with Gasteiger partial charge in [-0.05, 0) is 39.8 Å². The average molecular weight is 308 g/mol. The highest BCUT2D eigenvalue weighted by molar-refractivity contribution is 5.93. The number of carbonyl (C=O) groups excluding carboxylic acids is 2. The Labute approximate surface area is 130 Å². The fourth-order valence-corrected chi connectivity index (χ4v) is 2.83. The number of likely N-dealkylation sites (tertiary alicyclic amines) is 1. The van der Waals surface area contributed by atoms with E-state index in [0.717, 1.165) is 43.0 Å². The zero-order valence-corrected chi connectivity index (χ0v) is 13.7. The molecule has 0 radical (unpaired) electrons. The first-order valence-electron chi connectivity index (χ1n) is 7.52. The molecule has 0 bridgehead atoms. The average Bonchev–Trinajstić information content (AvgIpc) is 2.73. The molecule has 1 aliphatic heterocycles. The first-order chi connectivity index (χ1) is 10.4. The molecule has 0 atom stereocenters. The molecule has 0 saturated carbocycles. The highest BCUT2D eigenvalue weighted by atomic mass is 16.5. The zero-order valence-electron chi connectivity index (χ0n) is 13.7. The third kappa shape index (κ3) is 3.65. The number of aromatic nitrogens is 2. The summed E-state index contributed by atoms with van der Waals surface area (Å²) in [4.78, 5) is 25.7. The SMILES string of the molecule is COC(=O)C1CCN(CC(=O)Nc2c(C)nn(C)c2C)CC1. The Hall–Kier alpha value is -1.89. The van der Waals surface area contributed by atoms with E-state index in [-0.39, 0.29) is 17.8 Å². The Bertz CT molecular complexity index is 559. The monoisotopic (exact) mass is 308 g/mol. The van der Waals surface area contributed by atoms with Gasteiger partial charge in [0.1, 0.15) is 0 Å². The van der Waals surface area contributed by atoms with Gasteiger partial charge in [0.05, 0.1) is 36.6 Å². The maximum Gasteiger partial charge on any atom is 0.308 e. The van der Waals surface area contributed by atoms with E-state index in [9.17, 15) is 9.59 Å². The number of amides is 1. The van der Waals surface area contributed by atoms with Crippen molar-refractivity contribution in [1.29, 1.82) is 0 Å². The van der Waals surface area contributed by atoms with Gasteiger partial charge in [-0.2, -0.15) is 5.10 Å². The predicted molar refractivity (Wildman–Crippen MR) is 82.5 cm³/mol. The van der Waals surface area contributed by atoms with Crippen LogP contribution in [0.2, 0.25) is 0 Å². The first-order valence-corrected chi connectivity index (χ1v) is 7.52. The van der Waals surface area contributed by atoms with Crippen molar-refractivity contribution in [1.82, 2.24) is 14.7 Å². The maximum atomic E-state index is 12.2. The van der Waals surface area contributed by atoms with E-state index in [4.69, 9.17) is 4.74 Å². The molecule has 1 N–H and O–H groups in total. The second-order valence-electron chi connectivity index (χ2n) is 5.79. The lowest BCUT2D eigenvalue weighted by Gasteiger charge is -2.29. The Balaban J connectivity index is 1.85. The molecule has 7 nitrogen and oxygen atoms in total. The first kappa shape index (κ1) is 16.5. The van der Waals surface area contributed by atoms with Gasteiger partial charge in [-0.1, -0.05) is 0 Å². The van der Waals surface area contributed by atoms with Crippen LogP contribution in [0.3, 0.4) is 0 Å². The van der Waals surface area contributed by atoms with Gasteiger partial charge in [-0.25, -0.2) is 0 Å². The van der Waals surface area contributed by atoms with Crippen LogP contribution < -0.4 is 5.32 Å². The van der Waals surface area contributed by atoms with E-state index in [1.54, 1.807) is 4.68 Å². The van der Waals surface area contributed by atoms with Gasteiger partial charge < -0.3 is 10.1 Å². The second-order valence-corrected chi connectivity index (χ2v) is 5.79. The van der Waals surface area contributed by atoms with E-state index in [1.807, 2.05) is 20.9 Å². The molecule has 0 aromatic carbocycles. The number of rotatable bonds is 4. The van der Waals surface area contributed by atoms with Gasteiger partial charge in [0, 0.05) is 7.05 Å². The zero-order chi connectivity index (χ0) is 16.3. The molecule has 2 heterocycles. The van der Waals surface area contributed by atoms with Gasteiger partial charge in [-0.15, -0.1) is 0 Å². The Morgan fingerprint density at radius 3 is 2.45 bits per heavy atom. The van der Waals surface area contributed by atoms with Crippen molar-refractivity contribution in [3.8, 4) is 0 Å². The maximum absolute atomic E-state index is 12.2.